The number of rotatable bonds is 7. The van der Waals surface area contributed by atoms with Crippen LogP contribution in [-0.2, 0) is 11.0 Å². The van der Waals surface area contributed by atoms with Crippen LogP contribution in [0.25, 0.3) is 0 Å². The predicted molar refractivity (Wildman–Crippen MR) is 127 cm³/mol. The highest BCUT2D eigenvalue weighted by molar-refractivity contribution is 5.93. The standard InChI is InChI=1S/C23H24F3N7O2/c1-13-5-6-17(18(9-13)28-14(2)34)30-21-16(23(24,25)26)12-27-22(32-21)29-15-10-19(33-7-4-8-33)31-20(11-15)35-3/h5-6,9-12H,4,7-8H2,1-3H3,(H,28,34)(H2,27,29,30,31,32). The third-order valence-electron chi connectivity index (χ3n) is 5.27. The number of halogens is 3. The number of amides is 1. The molecule has 0 aliphatic carbocycles. The summed E-state index contributed by atoms with van der Waals surface area (Å²) in [5.41, 5.74) is 0.873. The Morgan fingerprint density at radius 3 is 2.49 bits per heavy atom. The summed E-state index contributed by atoms with van der Waals surface area (Å²) >= 11 is 0. The fraction of sp³-hybridized carbons (Fsp3) is 0.304. The monoisotopic (exact) mass is 487 g/mol. The summed E-state index contributed by atoms with van der Waals surface area (Å²) in [4.78, 5) is 26.0. The Hall–Kier alpha value is -4.09. The SMILES string of the molecule is COc1cc(Nc2ncc(C(F)(F)F)c(Nc3ccc(C)cc3NC(C)=O)n2)cc(N2CCC2)n1. The van der Waals surface area contributed by atoms with E-state index in [1.807, 2.05) is 0 Å². The minimum absolute atomic E-state index is 0.0588. The second-order valence-electron chi connectivity index (χ2n) is 8.03. The van der Waals surface area contributed by atoms with Gasteiger partial charge >= 0.3 is 6.18 Å². The minimum Gasteiger partial charge on any atom is -0.481 e. The van der Waals surface area contributed by atoms with Crippen molar-refractivity contribution >= 4 is 40.6 Å². The summed E-state index contributed by atoms with van der Waals surface area (Å²) in [6.07, 6.45) is -2.94. The number of alkyl halides is 3. The summed E-state index contributed by atoms with van der Waals surface area (Å²) in [7, 11) is 1.48. The highest BCUT2D eigenvalue weighted by atomic mass is 19.4. The molecule has 0 bridgehead atoms. The largest absolute Gasteiger partial charge is 0.481 e. The average Bonchev–Trinajstić information content (AvgIpc) is 2.73. The van der Waals surface area contributed by atoms with Crippen LogP contribution in [0.5, 0.6) is 5.88 Å². The lowest BCUT2D eigenvalue weighted by Gasteiger charge is -2.32. The molecule has 3 N–H and O–H groups in total. The molecule has 35 heavy (non-hydrogen) atoms. The quantitative estimate of drug-likeness (QED) is 0.434. The molecule has 4 rings (SSSR count). The van der Waals surface area contributed by atoms with Gasteiger partial charge in [-0.1, -0.05) is 6.07 Å². The number of carbonyl (C=O) groups is 1. The van der Waals surface area contributed by atoms with E-state index < -0.39 is 17.6 Å². The van der Waals surface area contributed by atoms with Crippen molar-refractivity contribution in [2.75, 3.05) is 41.0 Å². The molecule has 0 atom stereocenters. The van der Waals surface area contributed by atoms with Crippen molar-refractivity contribution < 1.29 is 22.7 Å². The van der Waals surface area contributed by atoms with Gasteiger partial charge in [0.2, 0.25) is 17.7 Å². The van der Waals surface area contributed by atoms with E-state index in [1.165, 1.54) is 14.0 Å². The average molecular weight is 487 g/mol. The van der Waals surface area contributed by atoms with Crippen LogP contribution in [0.15, 0.2) is 36.5 Å². The number of methoxy groups -OCH3 is 1. The van der Waals surface area contributed by atoms with Crippen LogP contribution < -0.4 is 25.6 Å². The Morgan fingerprint density at radius 2 is 1.86 bits per heavy atom. The number of anilines is 6. The predicted octanol–water partition coefficient (Wildman–Crippen LogP) is 4.86. The van der Waals surface area contributed by atoms with Gasteiger partial charge in [-0.05, 0) is 31.0 Å². The van der Waals surface area contributed by atoms with E-state index in [9.17, 15) is 18.0 Å². The maximum atomic E-state index is 13.7. The molecule has 1 aromatic carbocycles. The molecule has 0 spiro atoms. The van der Waals surface area contributed by atoms with Gasteiger partial charge in [-0.3, -0.25) is 4.79 Å². The Labute approximate surface area is 199 Å². The molecule has 12 heteroatoms. The van der Waals surface area contributed by atoms with Gasteiger partial charge < -0.3 is 25.6 Å². The lowest BCUT2D eigenvalue weighted by Crippen LogP contribution is -2.37. The second kappa shape index (κ2) is 9.65. The number of aryl methyl sites for hydroxylation is 1. The van der Waals surface area contributed by atoms with Crippen LogP contribution in [-0.4, -0.2) is 41.1 Å². The van der Waals surface area contributed by atoms with E-state index in [1.54, 1.807) is 37.3 Å². The van der Waals surface area contributed by atoms with Crippen molar-refractivity contribution in [1.82, 2.24) is 15.0 Å². The van der Waals surface area contributed by atoms with Crippen LogP contribution in [0.1, 0.15) is 24.5 Å². The zero-order valence-corrected chi connectivity index (χ0v) is 19.3. The smallest absolute Gasteiger partial charge is 0.421 e. The van der Waals surface area contributed by atoms with Gasteiger partial charge in [-0.25, -0.2) is 4.98 Å². The van der Waals surface area contributed by atoms with Crippen molar-refractivity contribution in [2.45, 2.75) is 26.4 Å². The maximum absolute atomic E-state index is 13.7. The highest BCUT2D eigenvalue weighted by Gasteiger charge is 2.35. The molecule has 9 nitrogen and oxygen atoms in total. The fourth-order valence-electron chi connectivity index (χ4n) is 3.44. The van der Waals surface area contributed by atoms with E-state index in [2.05, 4.69) is 35.8 Å². The Bertz CT molecular complexity index is 1250. The van der Waals surface area contributed by atoms with Crippen LogP contribution in [0.2, 0.25) is 0 Å². The number of benzene rings is 1. The van der Waals surface area contributed by atoms with E-state index >= 15 is 0 Å². The number of ether oxygens (including phenoxy) is 1. The summed E-state index contributed by atoms with van der Waals surface area (Å²) in [5.74, 6) is 0.153. The van der Waals surface area contributed by atoms with Crippen LogP contribution in [0, 0.1) is 6.92 Å². The van der Waals surface area contributed by atoms with Gasteiger partial charge in [-0.15, -0.1) is 0 Å². The highest BCUT2D eigenvalue weighted by Crippen LogP contribution is 2.37. The summed E-state index contributed by atoms with van der Waals surface area (Å²) < 4.78 is 46.4. The van der Waals surface area contributed by atoms with Gasteiger partial charge in [0.05, 0.1) is 18.5 Å². The van der Waals surface area contributed by atoms with Crippen molar-refractivity contribution in [1.29, 1.82) is 0 Å². The zero-order valence-electron chi connectivity index (χ0n) is 19.3. The maximum Gasteiger partial charge on any atom is 0.421 e. The number of aromatic nitrogens is 3. The molecular weight excluding hydrogens is 463 g/mol. The topological polar surface area (TPSA) is 104 Å². The second-order valence-corrected chi connectivity index (χ2v) is 8.03. The van der Waals surface area contributed by atoms with Gasteiger partial charge in [-0.2, -0.15) is 23.1 Å². The van der Waals surface area contributed by atoms with Crippen LogP contribution in [0.3, 0.4) is 0 Å². The van der Waals surface area contributed by atoms with Gasteiger partial charge in [0, 0.05) is 44.0 Å². The number of hydrogen-bond acceptors (Lipinski definition) is 8. The van der Waals surface area contributed by atoms with Gasteiger partial charge in [0.15, 0.2) is 0 Å². The molecule has 2 aromatic heterocycles. The number of hydrogen-bond donors (Lipinski definition) is 3. The number of nitrogens with zero attached hydrogens (tertiary/aromatic N) is 4. The van der Waals surface area contributed by atoms with Crippen molar-refractivity contribution in [2.24, 2.45) is 0 Å². The minimum atomic E-state index is -4.70. The van der Waals surface area contributed by atoms with Crippen LogP contribution in [0.4, 0.5) is 47.8 Å². The summed E-state index contributed by atoms with van der Waals surface area (Å²) in [6.45, 7) is 4.84. The Balaban J connectivity index is 1.69. The van der Waals surface area contributed by atoms with E-state index in [4.69, 9.17) is 4.74 Å². The molecule has 1 saturated heterocycles. The first-order valence-electron chi connectivity index (χ1n) is 10.8. The van der Waals surface area contributed by atoms with Gasteiger partial charge in [0.1, 0.15) is 17.2 Å². The number of carbonyl (C=O) groups excluding carboxylic acids is 1. The zero-order chi connectivity index (χ0) is 25.2. The first-order valence-corrected chi connectivity index (χ1v) is 10.8. The molecule has 1 aliphatic heterocycles. The fourth-order valence-corrected chi connectivity index (χ4v) is 3.44. The Morgan fingerprint density at radius 1 is 1.09 bits per heavy atom. The lowest BCUT2D eigenvalue weighted by molar-refractivity contribution is -0.137. The van der Waals surface area contributed by atoms with Crippen molar-refractivity contribution in [3.8, 4) is 5.88 Å². The molecule has 0 saturated carbocycles. The first-order chi connectivity index (χ1) is 16.6. The molecule has 3 heterocycles. The molecule has 1 fully saturated rings. The molecular formula is C23H24F3N7O2. The molecule has 0 unspecified atom stereocenters. The molecule has 1 aliphatic rings. The number of pyridine rings is 1. The molecule has 3 aromatic rings. The van der Waals surface area contributed by atoms with Crippen LogP contribution >= 0.6 is 0 Å². The summed E-state index contributed by atoms with van der Waals surface area (Å²) in [5, 5.41) is 8.26. The van der Waals surface area contributed by atoms with Crippen molar-refractivity contribution in [3.05, 3.63) is 47.7 Å². The van der Waals surface area contributed by atoms with E-state index in [-0.39, 0.29) is 17.5 Å². The third kappa shape index (κ3) is 5.70. The van der Waals surface area contributed by atoms with E-state index in [0.29, 0.717) is 29.3 Å². The third-order valence-corrected chi connectivity index (χ3v) is 5.27. The van der Waals surface area contributed by atoms with Crippen molar-refractivity contribution in [3.63, 3.8) is 0 Å². The van der Waals surface area contributed by atoms with E-state index in [0.717, 1.165) is 25.1 Å². The lowest BCUT2D eigenvalue weighted by atomic mass is 10.1. The molecule has 1 amide bonds. The molecule has 184 valence electrons. The Kier molecular flexibility index (Phi) is 6.63. The normalized spacial score (nSPS) is 13.1. The first kappa shape index (κ1) is 24.0. The number of nitrogens with one attached hydrogen (secondary N) is 3. The summed E-state index contributed by atoms with van der Waals surface area (Å²) in [6, 6.07) is 8.29. The van der Waals surface area contributed by atoms with Gasteiger partial charge in [0.25, 0.3) is 0 Å². The molecule has 0 radical (unpaired) electrons.